The zero-order valence-corrected chi connectivity index (χ0v) is 15.0. The Morgan fingerprint density at radius 3 is 2.76 bits per heavy atom. The third kappa shape index (κ3) is 8.43. The molecule has 0 aliphatic heterocycles. The Morgan fingerprint density at radius 1 is 1.38 bits per heavy atom. The van der Waals surface area contributed by atoms with Crippen molar-refractivity contribution < 1.29 is 10.2 Å². The van der Waals surface area contributed by atoms with Crippen LogP contribution in [0.15, 0.2) is 23.3 Å². The van der Waals surface area contributed by atoms with Gasteiger partial charge in [-0.15, -0.1) is 0 Å². The summed E-state index contributed by atoms with van der Waals surface area (Å²) in [7, 11) is 4.48. The van der Waals surface area contributed by atoms with Gasteiger partial charge in [0, 0.05) is 12.3 Å². The van der Waals surface area contributed by atoms with Crippen molar-refractivity contribution >= 4 is 0 Å². The smallest absolute Gasteiger partial charge is 0.0821 e. The monoisotopic (exact) mass is 294 g/mol. The van der Waals surface area contributed by atoms with Crippen LogP contribution in [0.1, 0.15) is 52.9 Å². The van der Waals surface area contributed by atoms with Gasteiger partial charge in [0.2, 0.25) is 0 Å². The van der Waals surface area contributed by atoms with Gasteiger partial charge >= 0.3 is 0 Å². The molecule has 0 aromatic carbocycles. The second-order valence-electron chi connectivity index (χ2n) is 7.48. The number of hydrogen-bond donors (Lipinski definition) is 2. The molecule has 21 heavy (non-hydrogen) atoms. The van der Waals surface area contributed by atoms with E-state index in [4.69, 9.17) is 0 Å². The molecule has 0 saturated heterocycles. The molecule has 2 heteroatoms. The Bertz CT molecular complexity index is 337. The fraction of sp³-hybridized carbons (Fsp3) is 0.789. The van der Waals surface area contributed by atoms with Gasteiger partial charge < -0.3 is 10.2 Å². The van der Waals surface area contributed by atoms with Crippen molar-refractivity contribution in [3.63, 3.8) is 0 Å². The summed E-state index contributed by atoms with van der Waals surface area (Å²) in [6, 6.07) is 0. The van der Waals surface area contributed by atoms with Gasteiger partial charge in [-0.1, -0.05) is 30.2 Å². The topological polar surface area (TPSA) is 21.1 Å². The fourth-order valence-electron chi connectivity index (χ4n) is 3.22. The minimum absolute atomic E-state index is 0.868. The minimum Gasteiger partial charge on any atom is -0.346 e. The largest absolute Gasteiger partial charge is 0.346 e. The zero-order valence-electron chi connectivity index (χ0n) is 15.0. The number of nitrogens with two attached hydrogens (primary N) is 1. The maximum atomic E-state index is 2.55. The van der Waals surface area contributed by atoms with E-state index in [2.05, 4.69) is 52.3 Å². The molecule has 0 aromatic rings. The summed E-state index contributed by atoms with van der Waals surface area (Å²) in [6.07, 6.45) is 11.4. The molecule has 1 aliphatic rings. The summed E-state index contributed by atoms with van der Waals surface area (Å²) in [5.74, 6) is 1.76. The predicted octanol–water partition coefficient (Wildman–Crippen LogP) is 1.80. The standard InChI is InChI=1S/C19H36N2/c1-16(2)8-6-9-18-10-11-19(17(3)14-18)15-20-12-7-13-21(4)5/h8,10,17,19-20H,6-7,9,11-15H2,1-5H3/p+2/t17-,19-/m0/s1. The number of quaternary nitrogens is 2. The molecule has 3 N–H and O–H groups in total. The maximum Gasteiger partial charge on any atom is 0.0821 e. The van der Waals surface area contributed by atoms with Crippen LogP contribution in [-0.4, -0.2) is 33.7 Å². The molecule has 122 valence electrons. The van der Waals surface area contributed by atoms with Crippen molar-refractivity contribution in [2.75, 3.05) is 33.7 Å². The second-order valence-corrected chi connectivity index (χ2v) is 7.48. The minimum atomic E-state index is 0.868. The number of hydrogen-bond acceptors (Lipinski definition) is 0. The van der Waals surface area contributed by atoms with E-state index in [9.17, 15) is 0 Å². The zero-order chi connectivity index (χ0) is 15.7. The van der Waals surface area contributed by atoms with E-state index in [1.54, 1.807) is 10.5 Å². The van der Waals surface area contributed by atoms with E-state index in [-0.39, 0.29) is 0 Å². The van der Waals surface area contributed by atoms with Crippen LogP contribution in [0.5, 0.6) is 0 Å². The van der Waals surface area contributed by atoms with Gasteiger partial charge in [-0.05, 0) is 45.4 Å². The Hall–Kier alpha value is -0.600. The highest BCUT2D eigenvalue weighted by Gasteiger charge is 2.23. The number of rotatable bonds is 9. The third-order valence-electron chi connectivity index (χ3n) is 4.67. The summed E-state index contributed by atoms with van der Waals surface area (Å²) in [4.78, 5) is 1.57. The summed E-state index contributed by atoms with van der Waals surface area (Å²) in [5.41, 5.74) is 3.15. The molecule has 0 fully saturated rings. The van der Waals surface area contributed by atoms with E-state index in [1.807, 2.05) is 0 Å². The lowest BCUT2D eigenvalue weighted by Gasteiger charge is -2.27. The highest BCUT2D eigenvalue weighted by Crippen LogP contribution is 2.30. The molecule has 0 radical (unpaired) electrons. The van der Waals surface area contributed by atoms with Crippen molar-refractivity contribution in [1.82, 2.24) is 0 Å². The summed E-state index contributed by atoms with van der Waals surface area (Å²) < 4.78 is 0. The lowest BCUT2D eigenvalue weighted by molar-refractivity contribution is -0.860. The third-order valence-corrected chi connectivity index (χ3v) is 4.67. The van der Waals surface area contributed by atoms with Gasteiger partial charge in [-0.3, -0.25) is 0 Å². The van der Waals surface area contributed by atoms with Crippen LogP contribution in [0, 0.1) is 11.8 Å². The van der Waals surface area contributed by atoms with Crippen molar-refractivity contribution in [2.45, 2.75) is 52.9 Å². The van der Waals surface area contributed by atoms with Crippen LogP contribution >= 0.6 is 0 Å². The normalized spacial score (nSPS) is 22.3. The SMILES string of the molecule is CC(C)=CCCC1=CC[C@@H](C[NH2+]CCC[NH+](C)C)[C@@H](C)C1. The first-order valence-corrected chi connectivity index (χ1v) is 8.91. The van der Waals surface area contributed by atoms with Gasteiger partial charge in [0.05, 0.1) is 33.7 Å². The number of nitrogens with one attached hydrogen (secondary N) is 1. The molecule has 0 aromatic heterocycles. The second kappa shape index (κ2) is 10.2. The van der Waals surface area contributed by atoms with Gasteiger partial charge in [0.1, 0.15) is 0 Å². The van der Waals surface area contributed by atoms with Gasteiger partial charge in [0.15, 0.2) is 0 Å². The molecule has 0 bridgehead atoms. The van der Waals surface area contributed by atoms with Crippen molar-refractivity contribution in [3.05, 3.63) is 23.3 Å². The maximum absolute atomic E-state index is 2.55. The Balaban J connectivity index is 2.21. The average molecular weight is 295 g/mol. The first-order chi connectivity index (χ1) is 9.99. The molecular formula is C19H38N2+2. The summed E-state index contributed by atoms with van der Waals surface area (Å²) >= 11 is 0. The van der Waals surface area contributed by atoms with Gasteiger partial charge in [0.25, 0.3) is 0 Å². The van der Waals surface area contributed by atoms with Crippen LogP contribution in [0.25, 0.3) is 0 Å². The highest BCUT2D eigenvalue weighted by molar-refractivity contribution is 5.09. The van der Waals surface area contributed by atoms with Crippen LogP contribution in [-0.2, 0) is 0 Å². The van der Waals surface area contributed by atoms with Crippen LogP contribution in [0.3, 0.4) is 0 Å². The fourth-order valence-corrected chi connectivity index (χ4v) is 3.22. The average Bonchev–Trinajstić information content (AvgIpc) is 2.39. The lowest BCUT2D eigenvalue weighted by Crippen LogP contribution is -3.06. The Morgan fingerprint density at radius 2 is 2.14 bits per heavy atom. The molecular weight excluding hydrogens is 256 g/mol. The van der Waals surface area contributed by atoms with Crippen molar-refractivity contribution in [2.24, 2.45) is 11.8 Å². The van der Waals surface area contributed by atoms with Gasteiger partial charge in [-0.25, -0.2) is 0 Å². The van der Waals surface area contributed by atoms with E-state index >= 15 is 0 Å². The van der Waals surface area contributed by atoms with E-state index in [0.29, 0.717) is 0 Å². The van der Waals surface area contributed by atoms with Crippen LogP contribution in [0.4, 0.5) is 0 Å². The molecule has 2 atom stereocenters. The molecule has 0 amide bonds. The first kappa shape index (κ1) is 18.4. The molecule has 0 unspecified atom stereocenters. The summed E-state index contributed by atoms with van der Waals surface area (Å²) in [5, 5.41) is 2.55. The Labute approximate surface area is 132 Å². The summed E-state index contributed by atoms with van der Waals surface area (Å²) in [6.45, 7) is 10.8. The molecule has 0 spiro atoms. The first-order valence-electron chi connectivity index (χ1n) is 8.91. The Kier molecular flexibility index (Phi) is 8.94. The van der Waals surface area contributed by atoms with E-state index in [0.717, 1.165) is 11.8 Å². The molecule has 1 aliphatic carbocycles. The quantitative estimate of drug-likeness (QED) is 0.478. The molecule has 0 saturated carbocycles. The van der Waals surface area contributed by atoms with Crippen molar-refractivity contribution in [3.8, 4) is 0 Å². The van der Waals surface area contributed by atoms with Gasteiger partial charge in [-0.2, -0.15) is 0 Å². The predicted molar refractivity (Wildman–Crippen MR) is 92.6 cm³/mol. The van der Waals surface area contributed by atoms with E-state index < -0.39 is 0 Å². The molecule has 0 heterocycles. The van der Waals surface area contributed by atoms with E-state index in [1.165, 1.54) is 57.3 Å². The number of allylic oxidation sites excluding steroid dienone is 4. The van der Waals surface area contributed by atoms with Crippen LogP contribution < -0.4 is 10.2 Å². The highest BCUT2D eigenvalue weighted by atomic mass is 15.1. The molecule has 1 rings (SSSR count). The van der Waals surface area contributed by atoms with Crippen LogP contribution in [0.2, 0.25) is 0 Å². The van der Waals surface area contributed by atoms with Crippen molar-refractivity contribution in [1.29, 1.82) is 0 Å². The lowest BCUT2D eigenvalue weighted by atomic mass is 9.79. The molecule has 2 nitrogen and oxygen atoms in total.